The van der Waals surface area contributed by atoms with Crippen molar-refractivity contribution >= 4 is 34.7 Å². The zero-order valence-corrected chi connectivity index (χ0v) is 3.73. The van der Waals surface area contributed by atoms with Gasteiger partial charge in [-0.25, -0.2) is 0 Å². The van der Waals surface area contributed by atoms with Gasteiger partial charge in [-0.1, -0.05) is 0 Å². The molecule has 0 unspecified atom stereocenters. The summed E-state index contributed by atoms with van der Waals surface area (Å²) >= 11 is 0. The first-order valence-electron chi connectivity index (χ1n) is 0. The third-order valence-corrected chi connectivity index (χ3v) is 0. The summed E-state index contributed by atoms with van der Waals surface area (Å²) in [6.45, 7) is 0. The van der Waals surface area contributed by atoms with Gasteiger partial charge in [0.15, 0.2) is 0 Å². The first kappa shape index (κ1) is 33.9. The van der Waals surface area contributed by atoms with Crippen LogP contribution in [0, 0.1) is 0 Å². The second-order valence-electron chi connectivity index (χ2n) is 0. The molecule has 4 heavy (non-hydrogen) atoms. The molecule has 0 aromatic carbocycles. The van der Waals surface area contributed by atoms with Gasteiger partial charge in [-0.15, -0.1) is 0 Å². The summed E-state index contributed by atoms with van der Waals surface area (Å²) in [5.74, 6) is 0. The van der Waals surface area contributed by atoms with Crippen molar-refractivity contribution in [2.45, 2.75) is 0 Å². The molecule has 16 valence electrons. The third kappa shape index (κ3) is 8.86. The van der Waals surface area contributed by atoms with Crippen LogP contribution in [0.2, 0.25) is 0 Å². The fraction of sp³-hybridized carbons (Fsp3) is 0. The van der Waals surface area contributed by atoms with Gasteiger partial charge in [0.1, 0.15) is 0 Å². The molecule has 0 N–H and O–H groups in total. The molecular formula is H8Al2Li2. The van der Waals surface area contributed by atoms with Gasteiger partial charge in [0.2, 0.25) is 0 Å². The molecule has 0 saturated carbocycles. The average molecular weight is 75.9 g/mol. The zero-order chi connectivity index (χ0) is 0. The van der Waals surface area contributed by atoms with E-state index in [0.717, 1.165) is 0 Å². The van der Waals surface area contributed by atoms with Crippen LogP contribution >= 0.6 is 0 Å². The zero-order valence-electron chi connectivity index (χ0n) is 6.58. The SMILES string of the molecule is [Al+3].[AlH4-].[H-].[H-].[H-].[H-].[Li+].[Li+]. The van der Waals surface area contributed by atoms with E-state index in [1.165, 1.54) is 0 Å². The van der Waals surface area contributed by atoms with Gasteiger partial charge in [-0.3, -0.25) is 0 Å². The van der Waals surface area contributed by atoms with E-state index in [4.69, 9.17) is 0 Å². The fourth-order valence-electron chi connectivity index (χ4n) is 0. The summed E-state index contributed by atoms with van der Waals surface area (Å²) in [6.07, 6.45) is 0. The number of hydrogen-bond donors (Lipinski definition) is 0. The maximum absolute atomic E-state index is 0. The van der Waals surface area contributed by atoms with E-state index in [-0.39, 0.29) is 78.1 Å². The van der Waals surface area contributed by atoms with Crippen molar-refractivity contribution in [3.63, 3.8) is 0 Å². The quantitative estimate of drug-likeness (QED) is 0.251. The second kappa shape index (κ2) is 18.7. The van der Waals surface area contributed by atoms with Crippen molar-refractivity contribution in [1.82, 2.24) is 0 Å². The molecule has 0 aliphatic rings. The van der Waals surface area contributed by atoms with Crippen molar-refractivity contribution in [3.05, 3.63) is 0 Å². The van der Waals surface area contributed by atoms with E-state index in [1.807, 2.05) is 0 Å². The molecule has 0 aromatic heterocycles. The Morgan fingerprint density at radius 2 is 1.00 bits per heavy atom. The molecule has 0 bridgehead atoms. The van der Waals surface area contributed by atoms with E-state index in [1.54, 1.807) is 0 Å². The Morgan fingerprint density at radius 3 is 1.00 bits per heavy atom. The summed E-state index contributed by atoms with van der Waals surface area (Å²) < 4.78 is 0. The van der Waals surface area contributed by atoms with Gasteiger partial charge in [0.25, 0.3) is 0 Å². The molecule has 4 heteroatoms. The summed E-state index contributed by atoms with van der Waals surface area (Å²) in [6, 6.07) is 0. The van der Waals surface area contributed by atoms with Crippen LogP contribution in [0.25, 0.3) is 0 Å². The topological polar surface area (TPSA) is 0 Å². The molecule has 0 spiro atoms. The normalized spacial score (nSPS) is 0. The van der Waals surface area contributed by atoms with Crippen molar-refractivity contribution < 1.29 is 43.4 Å². The molecule has 0 aliphatic carbocycles. The molecule has 0 radical (unpaired) electrons. The predicted octanol–water partition coefficient (Wildman–Crippen LogP) is -7.37. The summed E-state index contributed by atoms with van der Waals surface area (Å²) in [4.78, 5) is 0. The predicted molar refractivity (Wildman–Crippen MR) is 21.5 cm³/mol. The van der Waals surface area contributed by atoms with Gasteiger partial charge >= 0.3 is 55.1 Å². The van der Waals surface area contributed by atoms with Crippen LogP contribution in [0.3, 0.4) is 0 Å². The van der Waals surface area contributed by atoms with E-state index >= 15 is 0 Å². The Hall–Kier alpha value is 2.26. The number of rotatable bonds is 0. The molecule has 0 saturated heterocycles. The van der Waals surface area contributed by atoms with Gasteiger partial charge in [0.05, 0.1) is 0 Å². The van der Waals surface area contributed by atoms with E-state index in [0.29, 0.717) is 0 Å². The van der Waals surface area contributed by atoms with E-state index < -0.39 is 0 Å². The Balaban J connectivity index is 0. The van der Waals surface area contributed by atoms with Crippen LogP contribution in [0.4, 0.5) is 0 Å². The Labute approximate surface area is 77.6 Å². The van der Waals surface area contributed by atoms with Gasteiger partial charge < -0.3 is 5.71 Å². The first-order valence-corrected chi connectivity index (χ1v) is 0. The van der Waals surface area contributed by atoms with Crippen LogP contribution in [-0.2, 0) is 0 Å². The van der Waals surface area contributed by atoms with Crippen LogP contribution in [-0.4, -0.2) is 34.7 Å². The maximum Gasteiger partial charge on any atom is 3.00 e. The number of hydrogen-bond acceptors (Lipinski definition) is 0. The van der Waals surface area contributed by atoms with Crippen molar-refractivity contribution in [1.29, 1.82) is 0 Å². The Morgan fingerprint density at radius 1 is 1.00 bits per heavy atom. The minimum Gasteiger partial charge on any atom is -1.00 e. The van der Waals surface area contributed by atoms with Crippen molar-refractivity contribution in [2.75, 3.05) is 0 Å². The molecule has 0 heterocycles. The monoisotopic (exact) mass is 76.1 g/mol. The first-order chi connectivity index (χ1) is 0. The second-order valence-corrected chi connectivity index (χ2v) is 0. The standard InChI is InChI=1S/2Al.2Li.8H/q-1;+3;2*+1;;;;;4*-1. The van der Waals surface area contributed by atoms with Crippen LogP contribution in [0.15, 0.2) is 0 Å². The smallest absolute Gasteiger partial charge is 1.00 e. The Bertz CT molecular complexity index is 12.0. The molecule has 0 nitrogen and oxygen atoms in total. The van der Waals surface area contributed by atoms with Gasteiger partial charge in [-0.05, 0) is 0 Å². The largest absolute Gasteiger partial charge is 3.00 e. The summed E-state index contributed by atoms with van der Waals surface area (Å²) in [5, 5.41) is 0. The third-order valence-electron chi connectivity index (χ3n) is 0. The average Bonchev–Trinajstić information content (AvgIpc) is 0. The van der Waals surface area contributed by atoms with Crippen LogP contribution in [0.1, 0.15) is 5.71 Å². The van der Waals surface area contributed by atoms with Gasteiger partial charge in [-0.2, -0.15) is 0 Å². The molecule has 0 aromatic rings. The minimum absolute atomic E-state index is 0. The van der Waals surface area contributed by atoms with E-state index in [2.05, 4.69) is 0 Å². The van der Waals surface area contributed by atoms with Gasteiger partial charge in [0, 0.05) is 17.4 Å². The van der Waals surface area contributed by atoms with Crippen LogP contribution < -0.4 is 37.7 Å². The van der Waals surface area contributed by atoms with E-state index in [9.17, 15) is 0 Å². The Kier molecular flexibility index (Phi) is 158. The van der Waals surface area contributed by atoms with Crippen molar-refractivity contribution in [3.8, 4) is 0 Å². The minimum atomic E-state index is 0. The maximum atomic E-state index is 0. The van der Waals surface area contributed by atoms with Crippen LogP contribution in [0.5, 0.6) is 0 Å². The van der Waals surface area contributed by atoms with Crippen molar-refractivity contribution in [2.24, 2.45) is 0 Å². The summed E-state index contributed by atoms with van der Waals surface area (Å²) in [5.41, 5.74) is 0. The molecule has 0 fully saturated rings. The molecule has 0 rings (SSSR count). The summed E-state index contributed by atoms with van der Waals surface area (Å²) in [7, 11) is 0. The molecular weight excluding hydrogens is 67.8 g/mol. The molecule has 0 amide bonds. The molecule has 0 atom stereocenters. The fourth-order valence-corrected chi connectivity index (χ4v) is 0. The molecule has 0 aliphatic heterocycles.